The zero-order chi connectivity index (χ0) is 7.84. The highest BCUT2D eigenvalue weighted by Gasteiger charge is 2.04. The van der Waals surface area contributed by atoms with E-state index in [0.29, 0.717) is 5.15 Å². The van der Waals surface area contributed by atoms with E-state index in [1.54, 1.807) is 17.5 Å². The minimum absolute atomic E-state index is 0.462. The molecule has 0 aliphatic carbocycles. The van der Waals surface area contributed by atoms with Crippen molar-refractivity contribution in [3.8, 4) is 0 Å². The van der Waals surface area contributed by atoms with Crippen molar-refractivity contribution in [3.63, 3.8) is 0 Å². The average Bonchev–Trinajstić information content (AvgIpc) is 2.31. The molecule has 2 aromatic rings. The van der Waals surface area contributed by atoms with Crippen molar-refractivity contribution < 1.29 is 0 Å². The molecule has 0 unspecified atom stereocenters. The second-order valence-corrected chi connectivity index (χ2v) is 4.58. The maximum absolute atomic E-state index is 5.78. The fourth-order valence-corrected chi connectivity index (χ4v) is 2.44. The summed E-state index contributed by atoms with van der Waals surface area (Å²) >= 11 is 10.6. The molecule has 0 aliphatic rings. The van der Waals surface area contributed by atoms with Gasteiger partial charge in [0.25, 0.3) is 0 Å². The number of aromatic nitrogens is 2. The van der Waals surface area contributed by atoms with E-state index in [9.17, 15) is 0 Å². The molecule has 0 radical (unpaired) electrons. The maximum atomic E-state index is 5.78. The van der Waals surface area contributed by atoms with Crippen LogP contribution in [0.25, 0.3) is 10.2 Å². The van der Waals surface area contributed by atoms with Crippen molar-refractivity contribution in [2.24, 2.45) is 0 Å². The number of rotatable bonds is 0. The van der Waals surface area contributed by atoms with Crippen LogP contribution in [-0.4, -0.2) is 9.97 Å². The number of fused-ring (bicyclic) bond motifs is 1. The van der Waals surface area contributed by atoms with Crippen molar-refractivity contribution in [1.82, 2.24) is 9.97 Å². The highest BCUT2D eigenvalue weighted by atomic mass is 79.9. The Morgan fingerprint density at radius 2 is 2.36 bits per heavy atom. The molecular formula is C6H2BrClN2S. The largest absolute Gasteiger partial charge is 0.242 e. The van der Waals surface area contributed by atoms with Gasteiger partial charge in [-0.15, -0.1) is 11.3 Å². The molecule has 0 saturated carbocycles. The summed E-state index contributed by atoms with van der Waals surface area (Å²) in [5, 5.41) is 0.462. The molecular weight excluding hydrogens is 248 g/mol. The monoisotopic (exact) mass is 248 g/mol. The predicted octanol–water partition coefficient (Wildman–Crippen LogP) is 3.11. The van der Waals surface area contributed by atoms with E-state index in [0.717, 1.165) is 14.1 Å². The van der Waals surface area contributed by atoms with Gasteiger partial charge in [-0.25, -0.2) is 9.97 Å². The lowest BCUT2D eigenvalue weighted by Gasteiger charge is -1.86. The third kappa shape index (κ3) is 1.26. The van der Waals surface area contributed by atoms with Gasteiger partial charge in [0, 0.05) is 6.20 Å². The molecule has 11 heavy (non-hydrogen) atoms. The fraction of sp³-hybridized carbons (Fsp3) is 0. The number of hydrogen-bond acceptors (Lipinski definition) is 3. The van der Waals surface area contributed by atoms with E-state index in [1.165, 1.54) is 0 Å². The lowest BCUT2D eigenvalue weighted by Crippen LogP contribution is -1.74. The van der Waals surface area contributed by atoms with Gasteiger partial charge in [-0.05, 0) is 22.0 Å². The molecule has 56 valence electrons. The van der Waals surface area contributed by atoms with E-state index in [2.05, 4.69) is 25.9 Å². The normalized spacial score (nSPS) is 10.7. The molecule has 0 aromatic carbocycles. The Labute approximate surface area is 80.4 Å². The van der Waals surface area contributed by atoms with Gasteiger partial charge >= 0.3 is 0 Å². The molecule has 0 bridgehead atoms. The second kappa shape index (κ2) is 2.69. The third-order valence-corrected chi connectivity index (χ3v) is 2.99. The summed E-state index contributed by atoms with van der Waals surface area (Å²) in [4.78, 5) is 8.06. The average molecular weight is 250 g/mol. The Morgan fingerprint density at radius 3 is 3.09 bits per heavy atom. The maximum Gasteiger partial charge on any atom is 0.160 e. The SMILES string of the molecule is Clc1nccc2sc(Br)nc12. The summed E-state index contributed by atoms with van der Waals surface area (Å²) in [7, 11) is 0. The Hall–Kier alpha value is -0.190. The van der Waals surface area contributed by atoms with Crippen molar-refractivity contribution in [2.75, 3.05) is 0 Å². The summed E-state index contributed by atoms with van der Waals surface area (Å²) in [6.07, 6.45) is 1.68. The van der Waals surface area contributed by atoms with Crippen molar-refractivity contribution in [1.29, 1.82) is 0 Å². The van der Waals surface area contributed by atoms with Crippen molar-refractivity contribution in [3.05, 3.63) is 21.3 Å². The minimum atomic E-state index is 0.462. The van der Waals surface area contributed by atoms with Crippen LogP contribution in [-0.2, 0) is 0 Å². The Balaban J connectivity index is 2.90. The number of pyridine rings is 1. The molecule has 0 amide bonds. The zero-order valence-electron chi connectivity index (χ0n) is 5.21. The van der Waals surface area contributed by atoms with Crippen LogP contribution in [0.1, 0.15) is 0 Å². The van der Waals surface area contributed by atoms with E-state index >= 15 is 0 Å². The Morgan fingerprint density at radius 1 is 1.55 bits per heavy atom. The highest BCUT2D eigenvalue weighted by molar-refractivity contribution is 9.11. The summed E-state index contributed by atoms with van der Waals surface area (Å²) in [6.45, 7) is 0. The number of thiazole rings is 1. The zero-order valence-corrected chi connectivity index (χ0v) is 8.37. The molecule has 0 atom stereocenters. The molecule has 0 fully saturated rings. The minimum Gasteiger partial charge on any atom is -0.242 e. The van der Waals surface area contributed by atoms with Crippen LogP contribution < -0.4 is 0 Å². The lowest BCUT2D eigenvalue weighted by atomic mass is 10.5. The van der Waals surface area contributed by atoms with E-state index in [1.807, 2.05) is 6.07 Å². The van der Waals surface area contributed by atoms with Gasteiger partial charge in [-0.2, -0.15) is 0 Å². The molecule has 5 heteroatoms. The second-order valence-electron chi connectivity index (χ2n) is 1.92. The predicted molar refractivity (Wildman–Crippen MR) is 50.1 cm³/mol. The molecule has 0 N–H and O–H groups in total. The molecule has 0 spiro atoms. The summed E-state index contributed by atoms with van der Waals surface area (Å²) in [6, 6.07) is 1.89. The third-order valence-electron chi connectivity index (χ3n) is 1.24. The van der Waals surface area contributed by atoms with Gasteiger partial charge in [0.1, 0.15) is 5.52 Å². The van der Waals surface area contributed by atoms with Crippen LogP contribution >= 0.6 is 38.9 Å². The molecule has 2 heterocycles. The number of hydrogen-bond donors (Lipinski definition) is 0. The quantitative estimate of drug-likeness (QED) is 0.671. The van der Waals surface area contributed by atoms with Gasteiger partial charge < -0.3 is 0 Å². The Bertz CT molecular complexity index is 400. The van der Waals surface area contributed by atoms with Crippen LogP contribution in [0.2, 0.25) is 5.15 Å². The van der Waals surface area contributed by atoms with Crippen LogP contribution in [0.15, 0.2) is 16.2 Å². The molecule has 0 aliphatic heterocycles. The van der Waals surface area contributed by atoms with Crippen molar-refractivity contribution >= 4 is 49.1 Å². The van der Waals surface area contributed by atoms with Gasteiger partial charge in [0.2, 0.25) is 0 Å². The Kier molecular flexibility index (Phi) is 1.83. The summed E-state index contributed by atoms with van der Waals surface area (Å²) in [5.74, 6) is 0. The highest BCUT2D eigenvalue weighted by Crippen LogP contribution is 2.28. The molecule has 2 nitrogen and oxygen atoms in total. The molecule has 2 aromatic heterocycles. The smallest absolute Gasteiger partial charge is 0.160 e. The standard InChI is InChI=1S/C6H2BrClN2S/c7-6-10-4-3(11-6)1-2-9-5(4)8/h1-2H. The summed E-state index contributed by atoms with van der Waals surface area (Å²) in [5.41, 5.74) is 0.769. The van der Waals surface area contributed by atoms with E-state index < -0.39 is 0 Å². The molecule has 0 saturated heterocycles. The van der Waals surface area contributed by atoms with Crippen LogP contribution in [0.5, 0.6) is 0 Å². The van der Waals surface area contributed by atoms with Gasteiger partial charge in [0.05, 0.1) is 4.70 Å². The van der Waals surface area contributed by atoms with Crippen molar-refractivity contribution in [2.45, 2.75) is 0 Å². The van der Waals surface area contributed by atoms with Gasteiger partial charge in [-0.1, -0.05) is 11.6 Å². The number of nitrogens with zero attached hydrogens (tertiary/aromatic N) is 2. The fourth-order valence-electron chi connectivity index (χ4n) is 0.797. The molecule has 2 rings (SSSR count). The topological polar surface area (TPSA) is 25.8 Å². The van der Waals surface area contributed by atoms with E-state index in [-0.39, 0.29) is 0 Å². The van der Waals surface area contributed by atoms with E-state index in [4.69, 9.17) is 11.6 Å². The first-order valence-electron chi connectivity index (χ1n) is 2.84. The lowest BCUT2D eigenvalue weighted by molar-refractivity contribution is 1.33. The first kappa shape index (κ1) is 7.46. The van der Waals surface area contributed by atoms with Gasteiger partial charge in [-0.3, -0.25) is 0 Å². The van der Waals surface area contributed by atoms with Gasteiger partial charge in [0.15, 0.2) is 9.07 Å². The number of halogens is 2. The van der Waals surface area contributed by atoms with Crippen LogP contribution in [0.3, 0.4) is 0 Å². The first-order chi connectivity index (χ1) is 5.27. The first-order valence-corrected chi connectivity index (χ1v) is 4.82. The van der Waals surface area contributed by atoms with Crippen LogP contribution in [0, 0.1) is 0 Å². The summed E-state index contributed by atoms with van der Waals surface area (Å²) < 4.78 is 1.89. The van der Waals surface area contributed by atoms with Crippen LogP contribution in [0.4, 0.5) is 0 Å².